The van der Waals surface area contributed by atoms with Crippen LogP contribution in [0.25, 0.3) is 0 Å². The van der Waals surface area contributed by atoms with E-state index in [2.05, 4.69) is 23.6 Å². The highest BCUT2D eigenvalue weighted by molar-refractivity contribution is 5.75. The number of hydrogen-bond donors (Lipinski definition) is 2. The van der Waals surface area contributed by atoms with Gasteiger partial charge in [-0.25, -0.2) is 4.79 Å². The topological polar surface area (TPSA) is 64.9 Å². The van der Waals surface area contributed by atoms with Gasteiger partial charge in [-0.3, -0.25) is 0 Å². The SMILES string of the molecule is CNC(=O)NC1(C#N)CCC(C)CC1. The van der Waals surface area contributed by atoms with Gasteiger partial charge in [0.2, 0.25) is 0 Å². The van der Waals surface area contributed by atoms with Crippen molar-refractivity contribution in [3.05, 3.63) is 0 Å². The van der Waals surface area contributed by atoms with Crippen LogP contribution in [0, 0.1) is 17.2 Å². The molecule has 78 valence electrons. The number of carbonyl (C=O) groups excluding carboxylic acids is 1. The van der Waals surface area contributed by atoms with Gasteiger partial charge in [0.1, 0.15) is 5.54 Å². The molecule has 0 aromatic carbocycles. The quantitative estimate of drug-likeness (QED) is 0.664. The molecule has 4 heteroatoms. The summed E-state index contributed by atoms with van der Waals surface area (Å²) in [6.07, 6.45) is 3.55. The lowest BCUT2D eigenvalue weighted by Gasteiger charge is -2.34. The fourth-order valence-electron chi connectivity index (χ4n) is 1.80. The summed E-state index contributed by atoms with van der Waals surface area (Å²) in [4.78, 5) is 11.2. The molecule has 1 aliphatic rings. The highest BCUT2D eigenvalue weighted by Gasteiger charge is 2.35. The maximum absolute atomic E-state index is 11.2. The number of nitrogens with zero attached hydrogens (tertiary/aromatic N) is 1. The molecule has 0 atom stereocenters. The molecular formula is C10H17N3O. The molecule has 0 heterocycles. The first kappa shape index (κ1) is 10.8. The second-order valence-corrected chi connectivity index (χ2v) is 4.08. The van der Waals surface area contributed by atoms with Gasteiger partial charge in [-0.1, -0.05) is 6.92 Å². The van der Waals surface area contributed by atoms with Crippen LogP contribution in [0.3, 0.4) is 0 Å². The smallest absolute Gasteiger partial charge is 0.315 e. The van der Waals surface area contributed by atoms with E-state index in [1.54, 1.807) is 7.05 Å². The average Bonchev–Trinajstić information content (AvgIpc) is 2.22. The molecule has 0 aliphatic heterocycles. The van der Waals surface area contributed by atoms with Gasteiger partial charge >= 0.3 is 6.03 Å². The van der Waals surface area contributed by atoms with E-state index in [0.29, 0.717) is 5.92 Å². The van der Waals surface area contributed by atoms with Gasteiger partial charge in [-0.2, -0.15) is 5.26 Å². The zero-order chi connectivity index (χ0) is 10.6. The maximum Gasteiger partial charge on any atom is 0.315 e. The van der Waals surface area contributed by atoms with Gasteiger partial charge in [0, 0.05) is 7.05 Å². The van der Waals surface area contributed by atoms with E-state index in [-0.39, 0.29) is 6.03 Å². The number of nitriles is 1. The predicted octanol–water partition coefficient (Wildman–Crippen LogP) is 1.39. The van der Waals surface area contributed by atoms with Crippen LogP contribution >= 0.6 is 0 Å². The molecule has 14 heavy (non-hydrogen) atoms. The normalized spacial score (nSPS) is 31.6. The summed E-state index contributed by atoms with van der Waals surface area (Å²) in [5, 5.41) is 14.3. The van der Waals surface area contributed by atoms with E-state index in [9.17, 15) is 4.79 Å². The molecule has 0 aromatic rings. The van der Waals surface area contributed by atoms with E-state index < -0.39 is 5.54 Å². The number of urea groups is 1. The lowest BCUT2D eigenvalue weighted by atomic mass is 9.78. The van der Waals surface area contributed by atoms with Crippen LogP contribution in [0.2, 0.25) is 0 Å². The lowest BCUT2D eigenvalue weighted by molar-refractivity contribution is 0.214. The van der Waals surface area contributed by atoms with Crippen molar-refractivity contribution in [2.45, 2.75) is 38.1 Å². The zero-order valence-electron chi connectivity index (χ0n) is 8.76. The summed E-state index contributed by atoms with van der Waals surface area (Å²) < 4.78 is 0. The van der Waals surface area contributed by atoms with Crippen LogP contribution in [0.1, 0.15) is 32.6 Å². The Bertz CT molecular complexity index is 249. The van der Waals surface area contributed by atoms with Gasteiger partial charge in [-0.05, 0) is 31.6 Å². The number of hydrogen-bond acceptors (Lipinski definition) is 2. The van der Waals surface area contributed by atoms with Crippen LogP contribution < -0.4 is 10.6 Å². The molecule has 0 unspecified atom stereocenters. The summed E-state index contributed by atoms with van der Waals surface area (Å²) in [7, 11) is 1.56. The van der Waals surface area contributed by atoms with E-state index in [4.69, 9.17) is 5.26 Å². The zero-order valence-corrected chi connectivity index (χ0v) is 8.76. The summed E-state index contributed by atoms with van der Waals surface area (Å²) in [6, 6.07) is 1.97. The molecular weight excluding hydrogens is 178 g/mol. The minimum Gasteiger partial charge on any atom is -0.341 e. The average molecular weight is 195 g/mol. The second-order valence-electron chi connectivity index (χ2n) is 4.08. The molecule has 0 bridgehead atoms. The number of nitrogens with one attached hydrogen (secondary N) is 2. The summed E-state index contributed by atoms with van der Waals surface area (Å²) in [5.74, 6) is 0.669. The van der Waals surface area contributed by atoms with Gasteiger partial charge in [0.25, 0.3) is 0 Å². The van der Waals surface area contributed by atoms with Crippen molar-refractivity contribution in [3.8, 4) is 6.07 Å². The molecule has 1 rings (SSSR count). The summed E-state index contributed by atoms with van der Waals surface area (Å²) in [5.41, 5.74) is -0.632. The van der Waals surface area contributed by atoms with Gasteiger partial charge in [-0.15, -0.1) is 0 Å². The van der Waals surface area contributed by atoms with E-state index >= 15 is 0 Å². The Morgan fingerprint density at radius 3 is 2.50 bits per heavy atom. The molecule has 2 amide bonds. The highest BCUT2D eigenvalue weighted by Crippen LogP contribution is 2.31. The molecule has 0 spiro atoms. The Morgan fingerprint density at radius 1 is 1.50 bits per heavy atom. The molecule has 0 aromatic heterocycles. The molecule has 1 aliphatic carbocycles. The van der Waals surface area contributed by atoms with Crippen LogP contribution in [0.4, 0.5) is 4.79 Å². The Hall–Kier alpha value is -1.24. The van der Waals surface area contributed by atoms with E-state index in [1.807, 2.05) is 0 Å². The standard InChI is InChI=1S/C10H17N3O/c1-8-3-5-10(7-11,6-4-8)13-9(14)12-2/h8H,3-6H2,1-2H3,(H2,12,13,14). The third kappa shape index (κ3) is 2.38. The third-order valence-electron chi connectivity index (χ3n) is 2.92. The van der Waals surface area contributed by atoms with Crippen molar-refractivity contribution in [1.82, 2.24) is 10.6 Å². The van der Waals surface area contributed by atoms with Crippen molar-refractivity contribution in [2.75, 3.05) is 7.05 Å². The van der Waals surface area contributed by atoms with Crippen molar-refractivity contribution >= 4 is 6.03 Å². The van der Waals surface area contributed by atoms with Crippen LogP contribution in [0.5, 0.6) is 0 Å². The fraction of sp³-hybridized carbons (Fsp3) is 0.800. The van der Waals surface area contributed by atoms with Gasteiger partial charge < -0.3 is 10.6 Å². The first-order valence-corrected chi connectivity index (χ1v) is 5.03. The number of amides is 2. The van der Waals surface area contributed by atoms with Crippen LogP contribution in [-0.4, -0.2) is 18.6 Å². The maximum atomic E-state index is 11.2. The van der Waals surface area contributed by atoms with E-state index in [0.717, 1.165) is 25.7 Å². The summed E-state index contributed by atoms with van der Waals surface area (Å²) >= 11 is 0. The molecule has 4 nitrogen and oxygen atoms in total. The van der Waals surface area contributed by atoms with Gasteiger partial charge in [0.15, 0.2) is 0 Å². The Kier molecular flexibility index (Phi) is 3.34. The number of rotatable bonds is 1. The van der Waals surface area contributed by atoms with Crippen LogP contribution in [0.15, 0.2) is 0 Å². The van der Waals surface area contributed by atoms with Crippen molar-refractivity contribution in [1.29, 1.82) is 5.26 Å². The fourth-order valence-corrected chi connectivity index (χ4v) is 1.80. The Balaban J connectivity index is 2.60. The molecule has 1 saturated carbocycles. The largest absolute Gasteiger partial charge is 0.341 e. The van der Waals surface area contributed by atoms with Crippen molar-refractivity contribution in [2.24, 2.45) is 5.92 Å². The van der Waals surface area contributed by atoms with Crippen molar-refractivity contribution < 1.29 is 4.79 Å². The molecule has 1 fully saturated rings. The third-order valence-corrected chi connectivity index (χ3v) is 2.92. The molecule has 2 N–H and O–H groups in total. The predicted molar refractivity (Wildman–Crippen MR) is 53.6 cm³/mol. The highest BCUT2D eigenvalue weighted by atomic mass is 16.2. The minimum absolute atomic E-state index is 0.263. The summed E-state index contributed by atoms with van der Waals surface area (Å²) in [6.45, 7) is 2.18. The Labute approximate surface area is 84.7 Å². The first-order valence-electron chi connectivity index (χ1n) is 5.03. The van der Waals surface area contributed by atoms with Crippen LogP contribution in [-0.2, 0) is 0 Å². The molecule has 0 saturated heterocycles. The first-order chi connectivity index (χ1) is 6.62. The van der Waals surface area contributed by atoms with E-state index in [1.165, 1.54) is 0 Å². The van der Waals surface area contributed by atoms with Gasteiger partial charge in [0.05, 0.1) is 6.07 Å². The monoisotopic (exact) mass is 195 g/mol. The second kappa shape index (κ2) is 4.32. The van der Waals surface area contributed by atoms with Crippen molar-refractivity contribution in [3.63, 3.8) is 0 Å². The lowest BCUT2D eigenvalue weighted by Crippen LogP contribution is -2.52. The minimum atomic E-state index is -0.632. The number of carbonyl (C=O) groups is 1. The molecule has 0 radical (unpaired) electrons. The Morgan fingerprint density at radius 2 is 2.07 bits per heavy atom.